The first-order valence-corrected chi connectivity index (χ1v) is 11.6. The number of benzene rings is 2. The van der Waals surface area contributed by atoms with E-state index in [1.54, 1.807) is 6.20 Å². The molecule has 154 valence electrons. The van der Waals surface area contributed by atoms with Crippen molar-refractivity contribution >= 4 is 28.9 Å². The van der Waals surface area contributed by atoms with Crippen LogP contribution in [0.3, 0.4) is 0 Å². The fourth-order valence-electron chi connectivity index (χ4n) is 3.11. The lowest BCUT2D eigenvalue weighted by molar-refractivity contribution is -0.116. The molecule has 7 heteroatoms. The topological polar surface area (TPSA) is 71.6 Å². The van der Waals surface area contributed by atoms with Crippen molar-refractivity contribution in [2.75, 3.05) is 5.75 Å². The Morgan fingerprint density at radius 3 is 2.74 bits per heavy atom. The Morgan fingerprint density at radius 1 is 1.19 bits per heavy atom. The number of carbonyl (C=O) groups is 1. The van der Waals surface area contributed by atoms with Gasteiger partial charge >= 0.3 is 0 Å². The summed E-state index contributed by atoms with van der Waals surface area (Å²) in [5, 5.41) is 12.8. The van der Waals surface area contributed by atoms with Gasteiger partial charge in [0.15, 0.2) is 16.9 Å². The van der Waals surface area contributed by atoms with E-state index < -0.39 is 5.92 Å². The van der Waals surface area contributed by atoms with Crippen molar-refractivity contribution in [2.45, 2.75) is 24.9 Å². The van der Waals surface area contributed by atoms with Crippen molar-refractivity contribution in [3.63, 3.8) is 0 Å². The largest absolute Gasteiger partial charge is 0.297 e. The SMILES string of the molecule is Cc1ccc(-n2ccnc2SCC(=O)C(C#N)c2nc(-c3ccccc3)cs2)cc1C. The third-order valence-corrected chi connectivity index (χ3v) is 6.91. The van der Waals surface area contributed by atoms with Crippen molar-refractivity contribution in [1.29, 1.82) is 5.26 Å². The number of ketones is 1. The van der Waals surface area contributed by atoms with E-state index in [-0.39, 0.29) is 11.5 Å². The van der Waals surface area contributed by atoms with Gasteiger partial charge in [-0.05, 0) is 37.1 Å². The molecule has 2 aromatic heterocycles. The normalized spacial score (nSPS) is 11.8. The van der Waals surface area contributed by atoms with Crippen molar-refractivity contribution in [3.8, 4) is 23.0 Å². The summed E-state index contributed by atoms with van der Waals surface area (Å²) in [7, 11) is 0. The zero-order valence-electron chi connectivity index (χ0n) is 17.1. The minimum absolute atomic E-state index is 0.153. The molecule has 31 heavy (non-hydrogen) atoms. The molecule has 4 aromatic rings. The molecule has 0 aliphatic heterocycles. The van der Waals surface area contributed by atoms with Gasteiger partial charge in [-0.2, -0.15) is 5.26 Å². The average Bonchev–Trinajstić information content (AvgIpc) is 3.45. The lowest BCUT2D eigenvalue weighted by atomic mass is 10.1. The number of rotatable bonds is 7. The second kappa shape index (κ2) is 9.29. The predicted octanol–water partition coefficient (Wildman–Crippen LogP) is 5.58. The number of hydrogen-bond donors (Lipinski definition) is 0. The number of aromatic nitrogens is 3. The van der Waals surface area contributed by atoms with E-state index in [0.717, 1.165) is 22.1 Å². The van der Waals surface area contributed by atoms with Crippen molar-refractivity contribution in [2.24, 2.45) is 0 Å². The van der Waals surface area contributed by atoms with Crippen LogP contribution in [0.1, 0.15) is 22.1 Å². The molecule has 0 fully saturated rings. The Labute approximate surface area is 189 Å². The molecule has 0 N–H and O–H groups in total. The molecule has 0 radical (unpaired) electrons. The average molecular weight is 445 g/mol. The van der Waals surface area contributed by atoms with Gasteiger partial charge in [0.25, 0.3) is 0 Å². The summed E-state index contributed by atoms with van der Waals surface area (Å²) in [5.74, 6) is -0.892. The summed E-state index contributed by atoms with van der Waals surface area (Å²) >= 11 is 2.68. The van der Waals surface area contributed by atoms with Crippen molar-refractivity contribution in [3.05, 3.63) is 82.4 Å². The number of hydrogen-bond acceptors (Lipinski definition) is 6. The summed E-state index contributed by atoms with van der Waals surface area (Å²) in [5.41, 5.74) is 5.18. The van der Waals surface area contributed by atoms with Gasteiger partial charge in [0.1, 0.15) is 5.01 Å². The monoisotopic (exact) mass is 444 g/mol. The Morgan fingerprint density at radius 2 is 2.00 bits per heavy atom. The molecule has 4 rings (SSSR count). The molecule has 0 spiro atoms. The van der Waals surface area contributed by atoms with Gasteiger partial charge in [-0.25, -0.2) is 9.97 Å². The number of carbonyl (C=O) groups excluding carboxylic acids is 1. The van der Waals surface area contributed by atoms with E-state index in [1.807, 2.05) is 52.5 Å². The maximum atomic E-state index is 12.8. The highest BCUT2D eigenvalue weighted by molar-refractivity contribution is 7.99. The minimum Gasteiger partial charge on any atom is -0.297 e. The summed E-state index contributed by atoms with van der Waals surface area (Å²) in [6, 6.07) is 18.1. The van der Waals surface area contributed by atoms with Crippen molar-refractivity contribution < 1.29 is 4.79 Å². The van der Waals surface area contributed by atoms with E-state index in [0.29, 0.717) is 5.01 Å². The maximum absolute atomic E-state index is 12.8. The molecule has 0 bridgehead atoms. The zero-order valence-corrected chi connectivity index (χ0v) is 18.8. The van der Waals surface area contributed by atoms with Crippen molar-refractivity contribution in [1.82, 2.24) is 14.5 Å². The van der Waals surface area contributed by atoms with Gasteiger partial charge in [0.05, 0.1) is 17.5 Å². The number of thiazole rings is 1. The summed E-state index contributed by atoms with van der Waals surface area (Å²) < 4.78 is 1.96. The van der Waals surface area contributed by atoms with Gasteiger partial charge in [0, 0.05) is 29.0 Å². The highest BCUT2D eigenvalue weighted by Gasteiger charge is 2.24. The fraction of sp³-hybridized carbons (Fsp3) is 0.167. The van der Waals surface area contributed by atoms with Crippen LogP contribution in [0, 0.1) is 25.2 Å². The molecule has 1 atom stereocenters. The molecule has 0 aliphatic rings. The fourth-order valence-corrected chi connectivity index (χ4v) is 4.89. The van der Waals surface area contributed by atoms with Gasteiger partial charge in [0.2, 0.25) is 0 Å². The van der Waals surface area contributed by atoms with Gasteiger partial charge < -0.3 is 0 Å². The van der Waals surface area contributed by atoms with Crippen LogP contribution in [0.15, 0.2) is 71.5 Å². The van der Waals surface area contributed by atoms with Crippen LogP contribution in [0.2, 0.25) is 0 Å². The number of thioether (sulfide) groups is 1. The van der Waals surface area contributed by atoms with E-state index in [9.17, 15) is 10.1 Å². The van der Waals surface area contributed by atoms with E-state index in [2.05, 4.69) is 42.0 Å². The standard InChI is InChI=1S/C24H20N4OS2/c1-16-8-9-19(12-17(16)2)28-11-10-26-24(28)31-15-22(29)20(13-25)23-27-21(14-30-23)18-6-4-3-5-7-18/h3-12,14,20H,15H2,1-2H3. The molecule has 1 unspecified atom stereocenters. The first kappa shape index (κ1) is 21.0. The predicted molar refractivity (Wildman–Crippen MR) is 125 cm³/mol. The Balaban J connectivity index is 1.48. The van der Waals surface area contributed by atoms with Crippen LogP contribution >= 0.6 is 23.1 Å². The second-order valence-corrected chi connectivity index (χ2v) is 8.93. The first-order valence-electron chi connectivity index (χ1n) is 9.74. The molecule has 5 nitrogen and oxygen atoms in total. The lowest BCUT2D eigenvalue weighted by Crippen LogP contribution is -2.13. The molecule has 0 aliphatic carbocycles. The Kier molecular flexibility index (Phi) is 6.31. The Hall–Kier alpha value is -3.21. The van der Waals surface area contributed by atoms with Crippen LogP contribution in [-0.4, -0.2) is 26.1 Å². The maximum Gasteiger partial charge on any atom is 0.173 e. The summed E-state index contributed by atoms with van der Waals surface area (Å²) in [6.07, 6.45) is 3.60. The summed E-state index contributed by atoms with van der Waals surface area (Å²) in [4.78, 5) is 21.8. The lowest BCUT2D eigenvalue weighted by Gasteiger charge is -2.10. The van der Waals surface area contributed by atoms with E-state index in [4.69, 9.17) is 0 Å². The van der Waals surface area contributed by atoms with E-state index >= 15 is 0 Å². The van der Waals surface area contributed by atoms with Gasteiger partial charge in [-0.3, -0.25) is 9.36 Å². The van der Waals surface area contributed by atoms with Crippen LogP contribution in [-0.2, 0) is 4.79 Å². The van der Waals surface area contributed by atoms with Crippen LogP contribution in [0.4, 0.5) is 0 Å². The molecule has 0 saturated carbocycles. The van der Waals surface area contributed by atoms with Crippen LogP contribution < -0.4 is 0 Å². The zero-order chi connectivity index (χ0) is 21.8. The van der Waals surface area contributed by atoms with Gasteiger partial charge in [-0.15, -0.1) is 11.3 Å². The number of Topliss-reactive ketones (excluding diaryl/α,β-unsaturated/α-hetero) is 1. The molecule has 2 aromatic carbocycles. The van der Waals surface area contributed by atoms with Crippen LogP contribution in [0.25, 0.3) is 16.9 Å². The smallest absolute Gasteiger partial charge is 0.173 e. The van der Waals surface area contributed by atoms with Crippen LogP contribution in [0.5, 0.6) is 0 Å². The number of aryl methyl sites for hydroxylation is 2. The number of imidazole rings is 1. The highest BCUT2D eigenvalue weighted by atomic mass is 32.2. The molecular formula is C24H20N4OS2. The third kappa shape index (κ3) is 4.61. The third-order valence-electron chi connectivity index (χ3n) is 5.01. The minimum atomic E-state index is -0.875. The quantitative estimate of drug-likeness (QED) is 0.348. The summed E-state index contributed by atoms with van der Waals surface area (Å²) in [6.45, 7) is 4.15. The molecular weight excluding hydrogens is 424 g/mol. The number of nitrogens with zero attached hydrogens (tertiary/aromatic N) is 4. The molecule has 0 amide bonds. The second-order valence-electron chi connectivity index (χ2n) is 7.10. The first-order chi connectivity index (χ1) is 15.1. The van der Waals surface area contributed by atoms with Gasteiger partial charge in [-0.1, -0.05) is 48.2 Å². The molecule has 0 saturated heterocycles. The highest BCUT2D eigenvalue weighted by Crippen LogP contribution is 2.29. The van der Waals surface area contributed by atoms with E-state index in [1.165, 1.54) is 34.2 Å². The number of nitriles is 1. The Bertz CT molecular complexity index is 1250. The molecule has 2 heterocycles.